The molecule has 0 saturated carbocycles. The minimum Gasteiger partial charge on any atom is -0.267 e. The molecule has 1 nitrogen and oxygen atoms in total. The van der Waals surface area contributed by atoms with Crippen LogP contribution in [0.3, 0.4) is 0 Å². The van der Waals surface area contributed by atoms with Crippen LogP contribution in [0.2, 0.25) is 0 Å². The fraction of sp³-hybridized carbons (Fsp3) is 0.400. The lowest BCUT2D eigenvalue weighted by molar-refractivity contribution is 1.34. The number of hydrogen-bond acceptors (Lipinski definition) is 1. The van der Waals surface area contributed by atoms with Crippen LogP contribution in [0.15, 0.2) is 17.3 Å². The Kier molecular flexibility index (Phi) is 2.38. The van der Waals surface area contributed by atoms with Gasteiger partial charge in [0.1, 0.15) is 0 Å². The number of nitrogens with zero attached hydrogens (tertiary/aromatic N) is 1. The summed E-state index contributed by atoms with van der Waals surface area (Å²) < 4.78 is 0. The van der Waals surface area contributed by atoms with E-state index in [1.54, 1.807) is 6.21 Å². The van der Waals surface area contributed by atoms with Gasteiger partial charge >= 0.3 is 0 Å². The maximum absolute atomic E-state index is 3.81. The van der Waals surface area contributed by atoms with Crippen molar-refractivity contribution in [1.82, 2.24) is 0 Å². The van der Waals surface area contributed by atoms with Crippen LogP contribution >= 0.6 is 0 Å². The Hall–Kier alpha value is -0.590. The number of aliphatic imine (C=N–C) groups is 1. The largest absolute Gasteiger partial charge is 0.267 e. The third kappa shape index (κ3) is 3.41. The Morgan fingerprint density at radius 1 is 1.83 bits per heavy atom. The lowest BCUT2D eigenvalue weighted by atomic mass is 10.6. The van der Waals surface area contributed by atoms with Gasteiger partial charge in [-0.1, -0.05) is 6.58 Å². The van der Waals surface area contributed by atoms with Crippen molar-refractivity contribution in [3.63, 3.8) is 0 Å². The van der Waals surface area contributed by atoms with E-state index in [9.17, 15) is 0 Å². The molecule has 0 spiro atoms. The van der Waals surface area contributed by atoms with Crippen molar-refractivity contribution in [2.45, 2.75) is 13.8 Å². The first kappa shape index (κ1) is 5.41. The van der Waals surface area contributed by atoms with Gasteiger partial charge < -0.3 is 0 Å². The molecule has 0 fully saturated rings. The fourth-order valence-electron chi connectivity index (χ4n) is 0.220. The Labute approximate surface area is 38.4 Å². The predicted molar refractivity (Wildman–Crippen MR) is 29.0 cm³/mol. The summed E-state index contributed by atoms with van der Waals surface area (Å²) in [5.74, 6) is 0. The maximum Gasteiger partial charge on any atom is 0.0296 e. The molecule has 0 N–H and O–H groups in total. The second-order valence-corrected chi connectivity index (χ2v) is 1.12. The van der Waals surface area contributed by atoms with Crippen molar-refractivity contribution in [3.8, 4) is 0 Å². The highest BCUT2D eigenvalue weighted by Crippen LogP contribution is 1.82. The molecule has 0 aromatic heterocycles. The van der Waals surface area contributed by atoms with E-state index >= 15 is 0 Å². The Morgan fingerprint density at radius 3 is 2.33 bits per heavy atom. The van der Waals surface area contributed by atoms with Gasteiger partial charge in [-0.05, 0) is 13.8 Å². The molecular weight excluding hydrogens is 74.1 g/mol. The lowest BCUT2D eigenvalue weighted by Crippen LogP contribution is -1.60. The normalized spacial score (nSPS) is 9.67. The van der Waals surface area contributed by atoms with E-state index in [1.165, 1.54) is 0 Å². The van der Waals surface area contributed by atoms with Gasteiger partial charge in [-0.3, -0.25) is 4.99 Å². The molecule has 0 bridgehead atoms. The topological polar surface area (TPSA) is 12.4 Å². The van der Waals surface area contributed by atoms with Crippen LogP contribution in [0.25, 0.3) is 0 Å². The molecule has 0 aliphatic heterocycles. The fourth-order valence-corrected chi connectivity index (χ4v) is 0.220. The number of rotatable bonds is 1. The van der Waals surface area contributed by atoms with Gasteiger partial charge in [-0.2, -0.15) is 0 Å². The van der Waals surface area contributed by atoms with E-state index in [1.807, 2.05) is 13.8 Å². The second-order valence-electron chi connectivity index (χ2n) is 1.12. The SMILES string of the molecule is C=C(C)/N=C/C. The van der Waals surface area contributed by atoms with Crippen molar-refractivity contribution in [2.75, 3.05) is 0 Å². The molecule has 0 rings (SSSR count). The Balaban J connectivity index is 3.30. The Bertz CT molecular complexity index is 72.0. The van der Waals surface area contributed by atoms with E-state index in [-0.39, 0.29) is 0 Å². The molecule has 0 unspecified atom stereocenters. The molecule has 0 amide bonds. The van der Waals surface area contributed by atoms with E-state index in [0.717, 1.165) is 5.70 Å². The summed E-state index contributed by atoms with van der Waals surface area (Å²) in [6, 6.07) is 0. The van der Waals surface area contributed by atoms with Crippen molar-refractivity contribution < 1.29 is 0 Å². The second kappa shape index (κ2) is 2.64. The first-order valence-corrected chi connectivity index (χ1v) is 1.91. The molecular formula is C5H9N. The lowest BCUT2D eigenvalue weighted by Gasteiger charge is -1.77. The van der Waals surface area contributed by atoms with Crippen molar-refractivity contribution in [2.24, 2.45) is 4.99 Å². The van der Waals surface area contributed by atoms with Crippen molar-refractivity contribution >= 4 is 6.21 Å². The summed E-state index contributed by atoms with van der Waals surface area (Å²) in [4.78, 5) is 3.81. The Morgan fingerprint density at radius 2 is 2.33 bits per heavy atom. The standard InChI is InChI=1S/C5H9N/c1-4-6-5(2)3/h4H,2H2,1,3H3/b6-4+. The monoisotopic (exact) mass is 83.1 g/mol. The molecule has 0 aromatic carbocycles. The summed E-state index contributed by atoms with van der Waals surface area (Å²) in [5, 5.41) is 0. The van der Waals surface area contributed by atoms with Gasteiger partial charge in [-0.25, -0.2) is 0 Å². The van der Waals surface area contributed by atoms with Gasteiger partial charge in [-0.15, -0.1) is 0 Å². The van der Waals surface area contributed by atoms with Gasteiger partial charge in [0, 0.05) is 11.9 Å². The van der Waals surface area contributed by atoms with Crippen LogP contribution in [-0.2, 0) is 0 Å². The zero-order chi connectivity index (χ0) is 4.99. The summed E-state index contributed by atoms with van der Waals surface area (Å²) >= 11 is 0. The molecule has 0 radical (unpaired) electrons. The molecule has 0 atom stereocenters. The zero-order valence-electron chi connectivity index (χ0n) is 4.23. The first-order valence-electron chi connectivity index (χ1n) is 1.91. The van der Waals surface area contributed by atoms with E-state index in [2.05, 4.69) is 11.6 Å². The van der Waals surface area contributed by atoms with Crippen molar-refractivity contribution in [3.05, 3.63) is 12.3 Å². The highest BCUT2D eigenvalue weighted by molar-refractivity contribution is 5.54. The van der Waals surface area contributed by atoms with Crippen LogP contribution in [0.5, 0.6) is 0 Å². The van der Waals surface area contributed by atoms with Crippen LogP contribution < -0.4 is 0 Å². The molecule has 34 valence electrons. The molecule has 0 aliphatic rings. The third-order valence-electron chi connectivity index (χ3n) is 0.349. The maximum atomic E-state index is 3.81. The molecule has 6 heavy (non-hydrogen) atoms. The van der Waals surface area contributed by atoms with Crippen LogP contribution in [0.1, 0.15) is 13.8 Å². The summed E-state index contributed by atoms with van der Waals surface area (Å²) in [5.41, 5.74) is 0.859. The predicted octanol–water partition coefficient (Wildman–Crippen LogP) is 1.61. The highest BCUT2D eigenvalue weighted by atomic mass is 14.7. The third-order valence-corrected chi connectivity index (χ3v) is 0.349. The van der Waals surface area contributed by atoms with E-state index < -0.39 is 0 Å². The van der Waals surface area contributed by atoms with Crippen LogP contribution in [0.4, 0.5) is 0 Å². The van der Waals surface area contributed by atoms with E-state index in [0.29, 0.717) is 0 Å². The van der Waals surface area contributed by atoms with E-state index in [4.69, 9.17) is 0 Å². The summed E-state index contributed by atoms with van der Waals surface area (Å²) in [6.45, 7) is 7.28. The van der Waals surface area contributed by atoms with Crippen LogP contribution in [-0.4, -0.2) is 6.21 Å². The van der Waals surface area contributed by atoms with Gasteiger partial charge in [0.15, 0.2) is 0 Å². The molecule has 1 heteroatoms. The average Bonchev–Trinajstić information content (AvgIpc) is 1.35. The zero-order valence-corrected chi connectivity index (χ0v) is 4.23. The quantitative estimate of drug-likeness (QED) is 0.427. The minimum absolute atomic E-state index is 0.859. The molecule has 0 saturated heterocycles. The van der Waals surface area contributed by atoms with Gasteiger partial charge in [0.05, 0.1) is 0 Å². The number of allylic oxidation sites excluding steroid dienone is 1. The smallest absolute Gasteiger partial charge is 0.0296 e. The molecule has 0 aliphatic carbocycles. The van der Waals surface area contributed by atoms with Crippen LogP contribution in [0, 0.1) is 0 Å². The first-order chi connectivity index (χ1) is 2.77. The number of hydrogen-bond donors (Lipinski definition) is 0. The summed E-state index contributed by atoms with van der Waals surface area (Å²) in [6.07, 6.45) is 1.72. The minimum atomic E-state index is 0.859. The van der Waals surface area contributed by atoms with Gasteiger partial charge in [0.25, 0.3) is 0 Å². The van der Waals surface area contributed by atoms with Gasteiger partial charge in [0.2, 0.25) is 0 Å². The molecule has 0 heterocycles. The summed E-state index contributed by atoms with van der Waals surface area (Å²) in [7, 11) is 0. The van der Waals surface area contributed by atoms with Crippen molar-refractivity contribution in [1.29, 1.82) is 0 Å². The average molecular weight is 83.1 g/mol. The molecule has 0 aromatic rings. The highest BCUT2D eigenvalue weighted by Gasteiger charge is 1.64.